The van der Waals surface area contributed by atoms with Crippen molar-refractivity contribution in [2.75, 3.05) is 6.61 Å². The number of hydrogen-bond acceptors (Lipinski definition) is 4. The highest BCUT2D eigenvalue weighted by atomic mass is 19.1. The van der Waals surface area contributed by atoms with Crippen molar-refractivity contribution < 1.29 is 18.3 Å². The topological polar surface area (TPSA) is 81.2 Å². The zero-order chi connectivity index (χ0) is 14.2. The van der Waals surface area contributed by atoms with Crippen molar-refractivity contribution in [1.29, 1.82) is 0 Å². The number of nitrogens with one attached hydrogen (secondary N) is 1. The summed E-state index contributed by atoms with van der Waals surface area (Å²) in [5, 5.41) is 0. The predicted octanol–water partition coefficient (Wildman–Crippen LogP) is 0.138. The Morgan fingerprint density at radius 1 is 1.58 bits per heavy atom. The van der Waals surface area contributed by atoms with Crippen LogP contribution in [0.5, 0.6) is 0 Å². The van der Waals surface area contributed by atoms with Crippen LogP contribution in [0, 0.1) is 11.7 Å². The van der Waals surface area contributed by atoms with Gasteiger partial charge in [-0.25, -0.2) is 9.18 Å². The molecular weight excluding hydrogens is 262 g/mol. The molecule has 1 aliphatic carbocycles. The fourth-order valence-corrected chi connectivity index (χ4v) is 2.05. The molecule has 0 spiro atoms. The molecule has 0 unspecified atom stereocenters. The number of aromatic nitrogens is 2. The van der Waals surface area contributed by atoms with Crippen LogP contribution in [-0.2, 0) is 9.53 Å². The van der Waals surface area contributed by atoms with Gasteiger partial charge in [-0.1, -0.05) is 0 Å². The third-order valence-electron chi connectivity index (χ3n) is 3.14. The van der Waals surface area contributed by atoms with E-state index < -0.39 is 41.2 Å². The first-order chi connectivity index (χ1) is 8.90. The van der Waals surface area contributed by atoms with Gasteiger partial charge in [-0.3, -0.25) is 19.1 Å². The van der Waals surface area contributed by atoms with Gasteiger partial charge in [0, 0.05) is 12.8 Å². The number of halogens is 2. The highest BCUT2D eigenvalue weighted by Crippen LogP contribution is 2.40. The van der Waals surface area contributed by atoms with Gasteiger partial charge in [-0.05, 0) is 6.42 Å². The Morgan fingerprint density at radius 2 is 2.26 bits per heavy atom. The van der Waals surface area contributed by atoms with Crippen molar-refractivity contribution in [2.24, 2.45) is 5.92 Å². The summed E-state index contributed by atoms with van der Waals surface area (Å²) in [5.74, 6) is -2.17. The SMILES string of the molecule is CC(=O)OC[C@H]1C[C@H](n2cc(F)c(=O)[nH]c2=O)[C@@H]1F. The summed E-state index contributed by atoms with van der Waals surface area (Å²) in [6.45, 7) is 1.14. The normalized spacial score (nSPS) is 25.7. The summed E-state index contributed by atoms with van der Waals surface area (Å²) < 4.78 is 32.4. The Balaban J connectivity index is 2.10. The summed E-state index contributed by atoms with van der Waals surface area (Å²) in [4.78, 5) is 34.6. The quantitative estimate of drug-likeness (QED) is 0.795. The monoisotopic (exact) mass is 274 g/mol. The Kier molecular flexibility index (Phi) is 3.50. The van der Waals surface area contributed by atoms with Gasteiger partial charge < -0.3 is 4.74 Å². The molecule has 1 aliphatic rings. The molecule has 0 amide bonds. The number of hydrogen-bond donors (Lipinski definition) is 1. The van der Waals surface area contributed by atoms with E-state index >= 15 is 0 Å². The average molecular weight is 274 g/mol. The Morgan fingerprint density at radius 3 is 2.84 bits per heavy atom. The Hall–Kier alpha value is -1.99. The smallest absolute Gasteiger partial charge is 0.328 e. The highest BCUT2D eigenvalue weighted by molar-refractivity contribution is 5.65. The lowest BCUT2D eigenvalue weighted by Crippen LogP contribution is -2.47. The van der Waals surface area contributed by atoms with E-state index in [9.17, 15) is 23.2 Å². The maximum Gasteiger partial charge on any atom is 0.328 e. The molecular formula is C11H12F2N2O4. The van der Waals surface area contributed by atoms with Gasteiger partial charge in [0.2, 0.25) is 5.82 Å². The summed E-state index contributed by atoms with van der Waals surface area (Å²) in [7, 11) is 0. The lowest BCUT2D eigenvalue weighted by molar-refractivity contribution is -0.145. The predicted molar refractivity (Wildman–Crippen MR) is 60.0 cm³/mol. The molecule has 0 saturated heterocycles. The van der Waals surface area contributed by atoms with Crippen molar-refractivity contribution >= 4 is 5.97 Å². The molecule has 8 heteroatoms. The molecule has 1 aromatic heterocycles. The molecule has 1 fully saturated rings. The largest absolute Gasteiger partial charge is 0.465 e. The van der Waals surface area contributed by atoms with Crippen molar-refractivity contribution in [3.05, 3.63) is 32.9 Å². The molecule has 0 bridgehead atoms. The van der Waals surface area contributed by atoms with Crippen LogP contribution in [0.1, 0.15) is 19.4 Å². The molecule has 2 rings (SSSR count). The molecule has 3 atom stereocenters. The van der Waals surface area contributed by atoms with Crippen LogP contribution in [0.25, 0.3) is 0 Å². The lowest BCUT2D eigenvalue weighted by atomic mass is 9.78. The minimum atomic E-state index is -1.43. The fourth-order valence-electron chi connectivity index (χ4n) is 2.05. The molecule has 19 heavy (non-hydrogen) atoms. The van der Waals surface area contributed by atoms with E-state index in [1.165, 1.54) is 6.92 Å². The van der Waals surface area contributed by atoms with Gasteiger partial charge in [-0.2, -0.15) is 4.39 Å². The van der Waals surface area contributed by atoms with Gasteiger partial charge in [0.25, 0.3) is 5.56 Å². The molecule has 0 radical (unpaired) electrons. The minimum absolute atomic E-state index is 0.0758. The first kappa shape index (κ1) is 13.4. The number of carbonyl (C=O) groups is 1. The van der Waals surface area contributed by atoms with E-state index in [0.29, 0.717) is 6.20 Å². The summed E-state index contributed by atoms with van der Waals surface area (Å²) in [6, 6.07) is -0.848. The summed E-state index contributed by atoms with van der Waals surface area (Å²) in [6.07, 6.45) is -0.498. The second-order valence-electron chi connectivity index (χ2n) is 4.45. The fraction of sp³-hybridized carbons (Fsp3) is 0.545. The van der Waals surface area contributed by atoms with E-state index in [2.05, 4.69) is 4.74 Å². The van der Waals surface area contributed by atoms with Crippen LogP contribution < -0.4 is 11.2 Å². The van der Waals surface area contributed by atoms with E-state index in [1.54, 1.807) is 4.98 Å². The standard InChI is InChI=1S/C11H12F2N2O4/c1-5(16)19-4-6-2-8(9(6)13)15-3-7(12)10(17)14-11(15)18/h3,6,8-9H,2,4H2,1H3,(H,14,17,18)/t6-,8+,9-/m1/s1. The van der Waals surface area contributed by atoms with Crippen LogP contribution in [0.2, 0.25) is 0 Å². The van der Waals surface area contributed by atoms with Crippen molar-refractivity contribution in [1.82, 2.24) is 9.55 Å². The first-order valence-corrected chi connectivity index (χ1v) is 5.68. The van der Waals surface area contributed by atoms with Gasteiger partial charge in [0.05, 0.1) is 18.8 Å². The molecule has 104 valence electrons. The molecule has 1 aromatic rings. The minimum Gasteiger partial charge on any atom is -0.465 e. The molecule has 1 N–H and O–H groups in total. The third-order valence-corrected chi connectivity index (χ3v) is 3.14. The van der Waals surface area contributed by atoms with E-state index in [1.807, 2.05) is 0 Å². The zero-order valence-corrected chi connectivity index (χ0v) is 10.1. The number of rotatable bonds is 3. The average Bonchev–Trinajstić information content (AvgIpc) is 2.33. The van der Waals surface area contributed by atoms with Crippen molar-refractivity contribution in [3.63, 3.8) is 0 Å². The third kappa shape index (κ3) is 2.56. The summed E-state index contributed by atoms with van der Waals surface area (Å²) in [5.41, 5.74) is -1.99. The molecule has 1 saturated carbocycles. The van der Waals surface area contributed by atoms with Crippen LogP contribution in [0.4, 0.5) is 8.78 Å². The molecule has 0 aliphatic heterocycles. The number of esters is 1. The number of alkyl halides is 1. The van der Waals surface area contributed by atoms with Crippen molar-refractivity contribution in [2.45, 2.75) is 25.6 Å². The molecule has 0 aromatic carbocycles. The van der Waals surface area contributed by atoms with Crippen LogP contribution in [0.15, 0.2) is 15.8 Å². The first-order valence-electron chi connectivity index (χ1n) is 5.68. The van der Waals surface area contributed by atoms with Gasteiger partial charge in [-0.15, -0.1) is 0 Å². The number of nitrogens with zero attached hydrogens (tertiary/aromatic N) is 1. The summed E-state index contributed by atoms with van der Waals surface area (Å²) >= 11 is 0. The van der Waals surface area contributed by atoms with Crippen molar-refractivity contribution in [3.8, 4) is 0 Å². The van der Waals surface area contributed by atoms with E-state index in [0.717, 1.165) is 4.57 Å². The zero-order valence-electron chi connectivity index (χ0n) is 10.1. The van der Waals surface area contributed by atoms with Gasteiger partial charge >= 0.3 is 11.7 Å². The number of aromatic amines is 1. The molecule has 1 heterocycles. The van der Waals surface area contributed by atoms with E-state index in [4.69, 9.17) is 0 Å². The molecule has 6 nitrogen and oxygen atoms in total. The van der Waals surface area contributed by atoms with Gasteiger partial charge in [0.15, 0.2) is 0 Å². The van der Waals surface area contributed by atoms with Crippen LogP contribution in [0.3, 0.4) is 0 Å². The number of ether oxygens (including phenoxy) is 1. The van der Waals surface area contributed by atoms with E-state index in [-0.39, 0.29) is 13.0 Å². The maximum atomic E-state index is 13.8. The van der Waals surface area contributed by atoms with Crippen LogP contribution in [-0.4, -0.2) is 28.3 Å². The van der Waals surface area contributed by atoms with Crippen LogP contribution >= 0.6 is 0 Å². The second-order valence-corrected chi connectivity index (χ2v) is 4.45. The number of H-pyrrole nitrogens is 1. The maximum absolute atomic E-state index is 13.8. The second kappa shape index (κ2) is 4.94. The highest BCUT2D eigenvalue weighted by Gasteiger charge is 2.43. The Bertz CT molecular complexity index is 609. The van der Waals surface area contributed by atoms with Gasteiger partial charge in [0.1, 0.15) is 6.17 Å². The number of carbonyl (C=O) groups excluding carboxylic acids is 1. The Labute approximate surface area is 106 Å². The lowest BCUT2D eigenvalue weighted by Gasteiger charge is -2.39.